The maximum Gasteiger partial charge on any atom is 0.416 e. The number of amides is 1. The van der Waals surface area contributed by atoms with Gasteiger partial charge in [-0.2, -0.15) is 13.2 Å². The van der Waals surface area contributed by atoms with Gasteiger partial charge >= 0.3 is 6.18 Å². The van der Waals surface area contributed by atoms with Crippen LogP contribution in [0, 0.1) is 11.2 Å². The number of hydrogen-bond donors (Lipinski definition) is 1. The second-order valence-electron chi connectivity index (χ2n) is 5.48. The monoisotopic (exact) mass is 325 g/mol. The fourth-order valence-electron chi connectivity index (χ4n) is 1.63. The fraction of sp³-hybridized carbons (Fsp3) is 0.500. The summed E-state index contributed by atoms with van der Waals surface area (Å²) >= 11 is 5.62. The number of carbonyl (C=O) groups excluding carboxylic acids is 1. The molecule has 1 aromatic carbocycles. The third-order valence-corrected chi connectivity index (χ3v) is 3.23. The normalized spacial score (nSPS) is 12.3. The van der Waals surface area contributed by atoms with Gasteiger partial charge < -0.3 is 5.32 Å². The Morgan fingerprint density at radius 3 is 2.43 bits per heavy atom. The van der Waals surface area contributed by atoms with Gasteiger partial charge in [-0.1, -0.05) is 13.8 Å². The van der Waals surface area contributed by atoms with Crippen LogP contribution in [0.2, 0.25) is 0 Å². The molecule has 1 amide bonds. The van der Waals surface area contributed by atoms with Crippen molar-refractivity contribution in [1.82, 2.24) is 5.32 Å². The minimum Gasteiger partial charge on any atom is -0.351 e. The Hall–Kier alpha value is -1.30. The van der Waals surface area contributed by atoms with Crippen molar-refractivity contribution < 1.29 is 22.4 Å². The number of halogens is 5. The van der Waals surface area contributed by atoms with E-state index in [2.05, 4.69) is 5.32 Å². The summed E-state index contributed by atoms with van der Waals surface area (Å²) in [5.41, 5.74) is -2.00. The average molecular weight is 326 g/mol. The minimum atomic E-state index is -4.62. The number of hydrogen-bond acceptors (Lipinski definition) is 1. The van der Waals surface area contributed by atoms with Crippen LogP contribution in [0.3, 0.4) is 0 Å². The van der Waals surface area contributed by atoms with Crippen molar-refractivity contribution in [3.63, 3.8) is 0 Å². The second kappa shape index (κ2) is 6.64. The first kappa shape index (κ1) is 17.8. The molecule has 7 heteroatoms. The van der Waals surface area contributed by atoms with Crippen molar-refractivity contribution in [2.45, 2.75) is 26.4 Å². The molecule has 0 saturated carbocycles. The van der Waals surface area contributed by atoms with Gasteiger partial charge in [-0.05, 0) is 30.0 Å². The maximum atomic E-state index is 13.5. The standard InChI is InChI=1S/C14H16ClF4NO/c1-13(2,5-6-15)8-20-12(21)10-7-9(14(17,18)19)3-4-11(10)16/h3-4,7H,5-6,8H2,1-2H3,(H,20,21). The number of benzene rings is 1. The van der Waals surface area contributed by atoms with E-state index in [1.165, 1.54) is 0 Å². The third-order valence-electron chi connectivity index (χ3n) is 3.04. The second-order valence-corrected chi connectivity index (χ2v) is 5.86. The Morgan fingerprint density at radius 1 is 1.29 bits per heavy atom. The Bertz CT molecular complexity index is 514. The van der Waals surface area contributed by atoms with Crippen molar-refractivity contribution in [2.75, 3.05) is 12.4 Å². The van der Waals surface area contributed by atoms with Gasteiger partial charge in [0.05, 0.1) is 11.1 Å². The van der Waals surface area contributed by atoms with E-state index in [9.17, 15) is 22.4 Å². The summed E-state index contributed by atoms with van der Waals surface area (Å²) in [5.74, 6) is -1.47. The number of nitrogens with one attached hydrogen (secondary N) is 1. The summed E-state index contributed by atoms with van der Waals surface area (Å²) in [6, 6.07) is 1.75. The first-order valence-electron chi connectivity index (χ1n) is 6.28. The largest absolute Gasteiger partial charge is 0.416 e. The van der Waals surface area contributed by atoms with Crippen molar-refractivity contribution in [3.8, 4) is 0 Å². The Kier molecular flexibility index (Phi) is 5.61. The molecule has 0 atom stereocenters. The van der Waals surface area contributed by atoms with Gasteiger partial charge in [-0.25, -0.2) is 4.39 Å². The van der Waals surface area contributed by atoms with Crippen LogP contribution < -0.4 is 5.32 Å². The Morgan fingerprint density at radius 2 is 1.90 bits per heavy atom. The molecule has 1 aromatic rings. The summed E-state index contributed by atoms with van der Waals surface area (Å²) in [7, 11) is 0. The van der Waals surface area contributed by atoms with Crippen LogP contribution in [0.1, 0.15) is 36.2 Å². The molecule has 0 aliphatic heterocycles. The average Bonchev–Trinajstić information content (AvgIpc) is 2.35. The van der Waals surface area contributed by atoms with Gasteiger partial charge in [-0.3, -0.25) is 4.79 Å². The van der Waals surface area contributed by atoms with Gasteiger partial charge in [0.2, 0.25) is 0 Å². The van der Waals surface area contributed by atoms with Crippen LogP contribution in [-0.2, 0) is 6.18 Å². The lowest BCUT2D eigenvalue weighted by Crippen LogP contribution is -2.34. The summed E-state index contributed by atoms with van der Waals surface area (Å²) in [6.45, 7) is 3.88. The zero-order valence-electron chi connectivity index (χ0n) is 11.7. The van der Waals surface area contributed by atoms with E-state index in [1.54, 1.807) is 0 Å². The molecule has 0 fully saturated rings. The predicted molar refractivity (Wildman–Crippen MR) is 72.9 cm³/mol. The van der Waals surface area contributed by atoms with E-state index in [4.69, 9.17) is 11.6 Å². The van der Waals surface area contributed by atoms with Crippen LogP contribution in [-0.4, -0.2) is 18.3 Å². The SMILES string of the molecule is CC(C)(CCCl)CNC(=O)c1cc(C(F)(F)F)ccc1F. The highest BCUT2D eigenvalue weighted by atomic mass is 35.5. The lowest BCUT2D eigenvalue weighted by Gasteiger charge is -2.23. The zero-order valence-corrected chi connectivity index (χ0v) is 12.4. The minimum absolute atomic E-state index is 0.189. The van der Waals surface area contributed by atoms with Gasteiger partial charge in [0.15, 0.2) is 0 Å². The van der Waals surface area contributed by atoms with Crippen molar-refractivity contribution in [1.29, 1.82) is 0 Å². The van der Waals surface area contributed by atoms with Gasteiger partial charge in [0, 0.05) is 12.4 Å². The lowest BCUT2D eigenvalue weighted by atomic mass is 9.90. The summed E-state index contributed by atoms with van der Waals surface area (Å²) in [5, 5.41) is 2.44. The van der Waals surface area contributed by atoms with Crippen LogP contribution in [0.4, 0.5) is 17.6 Å². The Balaban J connectivity index is 2.88. The third kappa shape index (κ3) is 5.19. The number of alkyl halides is 4. The lowest BCUT2D eigenvalue weighted by molar-refractivity contribution is -0.137. The van der Waals surface area contributed by atoms with E-state index in [-0.39, 0.29) is 12.0 Å². The molecule has 1 N–H and O–H groups in total. The van der Waals surface area contributed by atoms with Crippen LogP contribution in [0.5, 0.6) is 0 Å². The highest BCUT2D eigenvalue weighted by Crippen LogP contribution is 2.30. The molecule has 0 unspecified atom stereocenters. The van der Waals surface area contributed by atoms with Gasteiger partial charge in [-0.15, -0.1) is 11.6 Å². The Labute approximate surface area is 125 Å². The smallest absolute Gasteiger partial charge is 0.351 e. The molecule has 21 heavy (non-hydrogen) atoms. The maximum absolute atomic E-state index is 13.5. The molecule has 0 aromatic heterocycles. The van der Waals surface area contributed by atoms with E-state index < -0.39 is 29.0 Å². The number of carbonyl (C=O) groups is 1. The molecular formula is C14H16ClF4NO. The highest BCUT2D eigenvalue weighted by Gasteiger charge is 2.32. The fourth-order valence-corrected chi connectivity index (χ4v) is 2.15. The molecule has 0 aliphatic rings. The molecule has 0 aliphatic carbocycles. The van der Waals surface area contributed by atoms with Crippen molar-refractivity contribution in [2.24, 2.45) is 5.41 Å². The van der Waals surface area contributed by atoms with Crippen LogP contribution in [0.25, 0.3) is 0 Å². The summed E-state index contributed by atoms with van der Waals surface area (Å²) < 4.78 is 51.2. The quantitative estimate of drug-likeness (QED) is 0.637. The molecule has 0 bridgehead atoms. The van der Waals surface area contributed by atoms with E-state index in [0.29, 0.717) is 30.5 Å². The topological polar surface area (TPSA) is 29.1 Å². The van der Waals surface area contributed by atoms with Crippen LogP contribution in [0.15, 0.2) is 18.2 Å². The van der Waals surface area contributed by atoms with Crippen LogP contribution >= 0.6 is 11.6 Å². The summed E-state index contributed by atoms with van der Waals surface area (Å²) in [6.07, 6.45) is -4.01. The number of rotatable bonds is 5. The first-order chi connectivity index (χ1) is 9.57. The molecule has 0 saturated heterocycles. The highest BCUT2D eigenvalue weighted by molar-refractivity contribution is 6.17. The van der Waals surface area contributed by atoms with Crippen molar-refractivity contribution >= 4 is 17.5 Å². The van der Waals surface area contributed by atoms with Crippen molar-refractivity contribution in [3.05, 3.63) is 35.1 Å². The molecule has 118 valence electrons. The molecule has 2 nitrogen and oxygen atoms in total. The zero-order chi connectivity index (χ0) is 16.3. The molecule has 1 rings (SSSR count). The van der Waals surface area contributed by atoms with E-state index >= 15 is 0 Å². The van der Waals surface area contributed by atoms with Gasteiger partial charge in [0.25, 0.3) is 5.91 Å². The van der Waals surface area contributed by atoms with E-state index in [1.807, 2.05) is 13.8 Å². The predicted octanol–water partition coefficient (Wildman–Crippen LogP) is 4.23. The summed E-state index contributed by atoms with van der Waals surface area (Å²) in [4.78, 5) is 11.8. The molecule has 0 spiro atoms. The first-order valence-corrected chi connectivity index (χ1v) is 6.81. The van der Waals surface area contributed by atoms with E-state index in [0.717, 1.165) is 0 Å². The molecule has 0 heterocycles. The molecule has 0 radical (unpaired) electrons. The molecular weight excluding hydrogens is 310 g/mol. The van der Waals surface area contributed by atoms with Gasteiger partial charge in [0.1, 0.15) is 5.82 Å².